The Morgan fingerprint density at radius 3 is 2.61 bits per heavy atom. The van der Waals surface area contributed by atoms with Crippen LogP contribution in [0, 0.1) is 12.3 Å². The first-order chi connectivity index (χ1) is 8.65. The maximum atomic E-state index is 5.40. The Balaban J connectivity index is 2.26. The second-order valence-electron chi connectivity index (χ2n) is 5.54. The SMILES string of the molecule is C#CCC(CC)NC1CCN(CC=C(C)C)CC1. The van der Waals surface area contributed by atoms with Crippen molar-refractivity contribution in [3.63, 3.8) is 0 Å². The van der Waals surface area contributed by atoms with Gasteiger partial charge in [-0.05, 0) is 46.2 Å². The molecule has 1 atom stereocenters. The lowest BCUT2D eigenvalue weighted by Crippen LogP contribution is -2.46. The van der Waals surface area contributed by atoms with Crippen molar-refractivity contribution in [1.29, 1.82) is 0 Å². The van der Waals surface area contributed by atoms with Gasteiger partial charge in [0.2, 0.25) is 0 Å². The molecule has 1 unspecified atom stereocenters. The highest BCUT2D eigenvalue weighted by Crippen LogP contribution is 2.12. The van der Waals surface area contributed by atoms with Crippen molar-refractivity contribution in [2.45, 2.75) is 58.5 Å². The molecule has 0 amide bonds. The molecule has 1 aliphatic rings. The number of hydrogen-bond acceptors (Lipinski definition) is 2. The number of terminal acetylenes is 1. The minimum atomic E-state index is 0.504. The lowest BCUT2D eigenvalue weighted by Gasteiger charge is -2.33. The number of rotatable bonds is 6. The monoisotopic (exact) mass is 248 g/mol. The minimum absolute atomic E-state index is 0.504. The molecule has 1 aliphatic heterocycles. The summed E-state index contributed by atoms with van der Waals surface area (Å²) in [6, 6.07) is 1.16. The molecule has 0 spiro atoms. The van der Waals surface area contributed by atoms with Gasteiger partial charge in [-0.25, -0.2) is 0 Å². The normalized spacial score (nSPS) is 19.2. The number of piperidine rings is 1. The fourth-order valence-corrected chi connectivity index (χ4v) is 2.39. The van der Waals surface area contributed by atoms with Crippen LogP contribution in [-0.2, 0) is 0 Å². The summed E-state index contributed by atoms with van der Waals surface area (Å²) in [4.78, 5) is 2.54. The topological polar surface area (TPSA) is 15.3 Å². The van der Waals surface area contributed by atoms with Gasteiger partial charge in [0.05, 0.1) is 0 Å². The fourth-order valence-electron chi connectivity index (χ4n) is 2.39. The van der Waals surface area contributed by atoms with Crippen molar-refractivity contribution in [3.8, 4) is 12.3 Å². The van der Waals surface area contributed by atoms with Gasteiger partial charge in [0.25, 0.3) is 0 Å². The Kier molecular flexibility index (Phi) is 7.08. The van der Waals surface area contributed by atoms with Gasteiger partial charge in [0, 0.05) is 25.0 Å². The molecule has 0 aromatic heterocycles. The van der Waals surface area contributed by atoms with E-state index in [0.717, 1.165) is 19.4 Å². The van der Waals surface area contributed by atoms with E-state index in [0.29, 0.717) is 12.1 Å². The van der Waals surface area contributed by atoms with Gasteiger partial charge in [-0.15, -0.1) is 12.3 Å². The average molecular weight is 248 g/mol. The highest BCUT2D eigenvalue weighted by Gasteiger charge is 2.20. The van der Waals surface area contributed by atoms with Crippen molar-refractivity contribution >= 4 is 0 Å². The molecule has 0 bridgehead atoms. The molecule has 0 radical (unpaired) electrons. The number of likely N-dealkylation sites (tertiary alicyclic amines) is 1. The third-order valence-corrected chi connectivity index (χ3v) is 3.67. The van der Waals surface area contributed by atoms with Crippen LogP contribution < -0.4 is 5.32 Å². The lowest BCUT2D eigenvalue weighted by atomic mass is 10.0. The van der Waals surface area contributed by atoms with Crippen molar-refractivity contribution in [2.24, 2.45) is 0 Å². The summed E-state index contributed by atoms with van der Waals surface area (Å²) in [6.45, 7) is 10.1. The smallest absolute Gasteiger partial charge is 0.0240 e. The van der Waals surface area contributed by atoms with Crippen molar-refractivity contribution in [2.75, 3.05) is 19.6 Å². The molecular formula is C16H28N2. The van der Waals surface area contributed by atoms with Gasteiger partial charge >= 0.3 is 0 Å². The third kappa shape index (κ3) is 5.71. The Bertz CT molecular complexity index is 289. The molecule has 0 saturated carbocycles. The Morgan fingerprint density at radius 1 is 1.44 bits per heavy atom. The predicted molar refractivity (Wildman–Crippen MR) is 79.6 cm³/mol. The molecule has 0 aromatic carbocycles. The third-order valence-electron chi connectivity index (χ3n) is 3.67. The van der Waals surface area contributed by atoms with Crippen molar-refractivity contribution < 1.29 is 0 Å². The molecule has 102 valence electrons. The van der Waals surface area contributed by atoms with Crippen LogP contribution in [0.5, 0.6) is 0 Å². The van der Waals surface area contributed by atoms with Crippen LogP contribution >= 0.6 is 0 Å². The molecule has 1 heterocycles. The predicted octanol–water partition coefficient (Wildman–Crippen LogP) is 2.81. The van der Waals surface area contributed by atoms with E-state index in [4.69, 9.17) is 6.42 Å². The highest BCUT2D eigenvalue weighted by molar-refractivity contribution is 4.96. The van der Waals surface area contributed by atoms with Crippen LogP contribution in [0.3, 0.4) is 0 Å². The molecule has 0 aliphatic carbocycles. The molecule has 1 fully saturated rings. The minimum Gasteiger partial charge on any atom is -0.310 e. The molecule has 1 N–H and O–H groups in total. The zero-order chi connectivity index (χ0) is 13.4. The van der Waals surface area contributed by atoms with E-state index >= 15 is 0 Å². The quantitative estimate of drug-likeness (QED) is 0.574. The van der Waals surface area contributed by atoms with E-state index in [1.807, 2.05) is 0 Å². The summed E-state index contributed by atoms with van der Waals surface area (Å²) >= 11 is 0. The number of nitrogens with one attached hydrogen (secondary N) is 1. The summed E-state index contributed by atoms with van der Waals surface area (Å²) < 4.78 is 0. The second kappa shape index (κ2) is 8.34. The standard InChI is InChI=1S/C16H28N2/c1-5-7-15(6-2)17-16-9-12-18(13-10-16)11-8-14(3)4/h1,8,15-17H,6-7,9-13H2,2-4H3. The van der Waals surface area contributed by atoms with E-state index in [1.54, 1.807) is 0 Å². The first-order valence-electron chi connectivity index (χ1n) is 7.21. The van der Waals surface area contributed by atoms with Gasteiger partial charge in [0.15, 0.2) is 0 Å². The number of nitrogens with zero attached hydrogens (tertiary/aromatic N) is 1. The molecule has 0 aromatic rings. The van der Waals surface area contributed by atoms with Gasteiger partial charge in [0.1, 0.15) is 0 Å². The molecule has 18 heavy (non-hydrogen) atoms. The largest absolute Gasteiger partial charge is 0.310 e. The van der Waals surface area contributed by atoms with Crippen LogP contribution in [0.4, 0.5) is 0 Å². The summed E-state index contributed by atoms with van der Waals surface area (Å²) in [5, 5.41) is 3.71. The summed E-state index contributed by atoms with van der Waals surface area (Å²) in [6.07, 6.45) is 12.2. The van der Waals surface area contributed by atoms with E-state index in [-0.39, 0.29) is 0 Å². The van der Waals surface area contributed by atoms with E-state index < -0.39 is 0 Å². The maximum absolute atomic E-state index is 5.40. The first-order valence-corrected chi connectivity index (χ1v) is 7.21. The van der Waals surface area contributed by atoms with Crippen LogP contribution in [0.25, 0.3) is 0 Å². The second-order valence-corrected chi connectivity index (χ2v) is 5.54. The van der Waals surface area contributed by atoms with Crippen LogP contribution in [0.2, 0.25) is 0 Å². The van der Waals surface area contributed by atoms with E-state index in [9.17, 15) is 0 Å². The summed E-state index contributed by atoms with van der Waals surface area (Å²) in [5.74, 6) is 2.77. The molecular weight excluding hydrogens is 220 g/mol. The molecule has 2 nitrogen and oxygen atoms in total. The van der Waals surface area contributed by atoms with Gasteiger partial charge in [-0.1, -0.05) is 18.6 Å². The average Bonchev–Trinajstić information content (AvgIpc) is 2.37. The van der Waals surface area contributed by atoms with Gasteiger partial charge in [-0.2, -0.15) is 0 Å². The van der Waals surface area contributed by atoms with Crippen LogP contribution in [-0.4, -0.2) is 36.6 Å². The highest BCUT2D eigenvalue weighted by atomic mass is 15.1. The first kappa shape index (κ1) is 15.3. The van der Waals surface area contributed by atoms with E-state index in [2.05, 4.69) is 43.0 Å². The van der Waals surface area contributed by atoms with Crippen LogP contribution in [0.1, 0.15) is 46.5 Å². The van der Waals surface area contributed by atoms with Gasteiger partial charge in [-0.3, -0.25) is 4.90 Å². The molecule has 1 rings (SSSR count). The fraction of sp³-hybridized carbons (Fsp3) is 0.750. The Labute approximate surface area is 113 Å². The van der Waals surface area contributed by atoms with Crippen molar-refractivity contribution in [1.82, 2.24) is 10.2 Å². The van der Waals surface area contributed by atoms with Crippen molar-refractivity contribution in [3.05, 3.63) is 11.6 Å². The molecule has 2 heteroatoms. The number of hydrogen-bond donors (Lipinski definition) is 1. The number of allylic oxidation sites excluding steroid dienone is 1. The summed E-state index contributed by atoms with van der Waals surface area (Å²) in [7, 11) is 0. The zero-order valence-electron chi connectivity index (χ0n) is 12.2. The lowest BCUT2D eigenvalue weighted by molar-refractivity contribution is 0.206. The maximum Gasteiger partial charge on any atom is 0.0240 e. The Morgan fingerprint density at radius 2 is 2.11 bits per heavy atom. The molecule has 1 saturated heterocycles. The zero-order valence-corrected chi connectivity index (χ0v) is 12.2. The van der Waals surface area contributed by atoms with Crippen LogP contribution in [0.15, 0.2) is 11.6 Å². The Hall–Kier alpha value is -0.780. The van der Waals surface area contributed by atoms with E-state index in [1.165, 1.54) is 31.5 Å². The van der Waals surface area contributed by atoms with Gasteiger partial charge < -0.3 is 5.32 Å². The summed E-state index contributed by atoms with van der Waals surface area (Å²) in [5.41, 5.74) is 1.41.